The first kappa shape index (κ1) is 13.4. The highest BCUT2D eigenvalue weighted by atomic mass is 16.4. The predicted octanol–water partition coefficient (Wildman–Crippen LogP) is 2.96. The first-order valence-electron chi connectivity index (χ1n) is 7.25. The van der Waals surface area contributed by atoms with Crippen molar-refractivity contribution in [2.75, 3.05) is 0 Å². The Morgan fingerprint density at radius 2 is 2.20 bits per heavy atom. The van der Waals surface area contributed by atoms with Crippen molar-refractivity contribution in [2.24, 2.45) is 24.1 Å². The number of fused-ring (bicyclic) bond motifs is 1. The molecule has 0 saturated heterocycles. The number of hydrogen-bond donors (Lipinski definition) is 1. The van der Waals surface area contributed by atoms with Crippen molar-refractivity contribution >= 4 is 11.1 Å². The Kier molecular flexibility index (Phi) is 3.01. The van der Waals surface area contributed by atoms with Crippen LogP contribution < -0.4 is 11.5 Å². The van der Waals surface area contributed by atoms with Gasteiger partial charge in [-0.2, -0.15) is 0 Å². The molecule has 2 atom stereocenters. The van der Waals surface area contributed by atoms with E-state index in [1.807, 2.05) is 18.2 Å². The van der Waals surface area contributed by atoms with Gasteiger partial charge in [0.05, 0.1) is 5.52 Å². The van der Waals surface area contributed by atoms with E-state index in [0.29, 0.717) is 11.5 Å². The van der Waals surface area contributed by atoms with E-state index in [2.05, 4.69) is 13.8 Å². The average Bonchev–Trinajstić information content (AvgIpc) is 2.89. The second-order valence-electron chi connectivity index (χ2n) is 6.67. The molecule has 1 fully saturated rings. The highest BCUT2D eigenvalue weighted by molar-refractivity contribution is 5.73. The van der Waals surface area contributed by atoms with Crippen LogP contribution in [0.4, 0.5) is 0 Å². The Bertz CT molecular complexity index is 696. The smallest absolute Gasteiger partial charge is 0.408 e. The van der Waals surface area contributed by atoms with Gasteiger partial charge in [-0.05, 0) is 41.9 Å². The van der Waals surface area contributed by atoms with Crippen molar-refractivity contribution in [3.8, 4) is 0 Å². The summed E-state index contributed by atoms with van der Waals surface area (Å²) in [4.78, 5) is 11.5. The van der Waals surface area contributed by atoms with Gasteiger partial charge in [0.25, 0.3) is 0 Å². The summed E-state index contributed by atoms with van der Waals surface area (Å²) in [7, 11) is 1.72. The lowest BCUT2D eigenvalue weighted by Gasteiger charge is -2.32. The maximum Gasteiger partial charge on any atom is 0.419 e. The highest BCUT2D eigenvalue weighted by Crippen LogP contribution is 2.47. The summed E-state index contributed by atoms with van der Waals surface area (Å²) in [6, 6.07) is 5.88. The molecule has 4 nitrogen and oxygen atoms in total. The molecule has 0 bridgehead atoms. The van der Waals surface area contributed by atoms with E-state index in [1.165, 1.54) is 23.8 Å². The van der Waals surface area contributed by atoms with Gasteiger partial charge in [-0.3, -0.25) is 4.57 Å². The largest absolute Gasteiger partial charge is 0.419 e. The lowest BCUT2D eigenvalue weighted by molar-refractivity contribution is 0.222. The fourth-order valence-electron chi connectivity index (χ4n) is 3.61. The molecule has 3 rings (SSSR count). The lowest BCUT2D eigenvalue weighted by Crippen LogP contribution is -2.29. The molecule has 4 heteroatoms. The maximum atomic E-state index is 11.5. The van der Waals surface area contributed by atoms with Crippen LogP contribution in [0.25, 0.3) is 11.1 Å². The molecule has 0 amide bonds. The van der Waals surface area contributed by atoms with E-state index in [0.717, 1.165) is 11.1 Å². The summed E-state index contributed by atoms with van der Waals surface area (Å²) in [5.74, 6) is 0.155. The van der Waals surface area contributed by atoms with E-state index in [1.54, 1.807) is 7.05 Å². The molecular weight excluding hydrogens is 252 g/mol. The molecule has 1 saturated carbocycles. The molecule has 0 spiro atoms. The monoisotopic (exact) mass is 274 g/mol. The van der Waals surface area contributed by atoms with Gasteiger partial charge >= 0.3 is 5.76 Å². The fraction of sp³-hybridized carbons (Fsp3) is 0.562. The summed E-state index contributed by atoms with van der Waals surface area (Å²) >= 11 is 0. The maximum absolute atomic E-state index is 11.5. The van der Waals surface area contributed by atoms with Gasteiger partial charge < -0.3 is 10.2 Å². The quantitative estimate of drug-likeness (QED) is 0.915. The van der Waals surface area contributed by atoms with Crippen LogP contribution in [0.15, 0.2) is 27.4 Å². The number of aromatic nitrogens is 1. The van der Waals surface area contributed by atoms with Crippen LogP contribution in [0.5, 0.6) is 0 Å². The van der Waals surface area contributed by atoms with Crippen molar-refractivity contribution in [3.63, 3.8) is 0 Å². The Balaban J connectivity index is 2.00. The number of benzene rings is 1. The normalized spacial score (nSPS) is 23.3. The molecule has 20 heavy (non-hydrogen) atoms. The van der Waals surface area contributed by atoms with Crippen molar-refractivity contribution in [2.45, 2.75) is 39.2 Å². The summed E-state index contributed by atoms with van der Waals surface area (Å²) in [6.45, 7) is 4.59. The Morgan fingerprint density at radius 1 is 1.45 bits per heavy atom. The van der Waals surface area contributed by atoms with Gasteiger partial charge in [0, 0.05) is 13.1 Å². The zero-order valence-electron chi connectivity index (χ0n) is 12.3. The number of nitrogens with zero attached hydrogens (tertiary/aromatic N) is 1. The second-order valence-corrected chi connectivity index (χ2v) is 6.67. The van der Waals surface area contributed by atoms with E-state index in [4.69, 9.17) is 10.2 Å². The van der Waals surface area contributed by atoms with Crippen LogP contribution in [-0.2, 0) is 7.05 Å². The number of hydrogen-bond acceptors (Lipinski definition) is 3. The van der Waals surface area contributed by atoms with Crippen molar-refractivity contribution in [1.82, 2.24) is 4.57 Å². The first-order chi connectivity index (χ1) is 9.40. The van der Waals surface area contributed by atoms with Crippen LogP contribution in [0.2, 0.25) is 0 Å². The fourth-order valence-corrected chi connectivity index (χ4v) is 3.61. The highest BCUT2D eigenvalue weighted by Gasteiger charge is 2.38. The van der Waals surface area contributed by atoms with Crippen molar-refractivity contribution in [3.05, 3.63) is 34.3 Å². The summed E-state index contributed by atoms with van der Waals surface area (Å²) < 4.78 is 6.77. The minimum atomic E-state index is -0.327. The minimum Gasteiger partial charge on any atom is -0.408 e. The lowest BCUT2D eigenvalue weighted by atomic mass is 9.76. The summed E-state index contributed by atoms with van der Waals surface area (Å²) in [5, 5.41) is 0. The zero-order valence-corrected chi connectivity index (χ0v) is 12.3. The third-order valence-corrected chi connectivity index (χ3v) is 4.97. The topological polar surface area (TPSA) is 61.2 Å². The average molecular weight is 274 g/mol. The van der Waals surface area contributed by atoms with Crippen LogP contribution in [0.3, 0.4) is 0 Å². The van der Waals surface area contributed by atoms with Crippen LogP contribution in [0.1, 0.15) is 44.7 Å². The number of oxazole rings is 1. The van der Waals surface area contributed by atoms with Gasteiger partial charge in [0.15, 0.2) is 5.58 Å². The molecule has 1 aliphatic rings. The van der Waals surface area contributed by atoms with E-state index >= 15 is 0 Å². The molecule has 2 aromatic rings. The molecular formula is C16H22N2O2. The molecule has 1 aromatic carbocycles. The van der Waals surface area contributed by atoms with Crippen LogP contribution in [0, 0.1) is 11.3 Å². The van der Waals surface area contributed by atoms with Gasteiger partial charge in [-0.15, -0.1) is 0 Å². The number of nitrogens with two attached hydrogens (primary N) is 1. The van der Waals surface area contributed by atoms with Gasteiger partial charge in [0.2, 0.25) is 0 Å². The molecule has 1 aromatic heterocycles. The van der Waals surface area contributed by atoms with Crippen molar-refractivity contribution < 1.29 is 4.42 Å². The molecule has 0 aliphatic heterocycles. The predicted molar refractivity (Wildman–Crippen MR) is 79.5 cm³/mol. The third kappa shape index (κ3) is 1.99. The summed E-state index contributed by atoms with van der Waals surface area (Å²) in [5.41, 5.74) is 9.27. The van der Waals surface area contributed by atoms with E-state index in [-0.39, 0.29) is 17.2 Å². The third-order valence-electron chi connectivity index (χ3n) is 4.97. The van der Waals surface area contributed by atoms with Gasteiger partial charge in [0.1, 0.15) is 0 Å². The summed E-state index contributed by atoms with van der Waals surface area (Å²) in [6.07, 6.45) is 3.65. The molecule has 2 unspecified atom stereocenters. The van der Waals surface area contributed by atoms with Gasteiger partial charge in [-0.25, -0.2) is 4.79 Å². The van der Waals surface area contributed by atoms with E-state index < -0.39 is 0 Å². The molecule has 1 heterocycles. The van der Waals surface area contributed by atoms with Crippen molar-refractivity contribution in [1.29, 1.82) is 0 Å². The molecule has 0 radical (unpaired) electrons. The SMILES string of the molecule is Cn1c(=O)oc2cc(C(N)C3CCCC3(C)C)ccc21. The Morgan fingerprint density at radius 3 is 2.85 bits per heavy atom. The minimum absolute atomic E-state index is 0.00223. The Hall–Kier alpha value is -1.55. The Labute approximate surface area is 118 Å². The van der Waals surface area contributed by atoms with Crippen LogP contribution in [-0.4, -0.2) is 4.57 Å². The van der Waals surface area contributed by atoms with Gasteiger partial charge in [-0.1, -0.05) is 26.3 Å². The standard InChI is InChI=1S/C16H22N2O2/c1-16(2)8-4-5-11(16)14(17)10-6-7-12-13(9-10)20-15(19)18(12)3/h6-7,9,11,14H,4-5,8,17H2,1-3H3. The molecule has 1 aliphatic carbocycles. The molecule has 2 N–H and O–H groups in total. The molecule has 108 valence electrons. The first-order valence-corrected chi connectivity index (χ1v) is 7.25. The number of aryl methyl sites for hydroxylation is 1. The van der Waals surface area contributed by atoms with Crippen LogP contribution >= 0.6 is 0 Å². The van der Waals surface area contributed by atoms with E-state index in [9.17, 15) is 4.79 Å². The number of rotatable bonds is 2. The second kappa shape index (κ2) is 4.48. The zero-order chi connectivity index (χ0) is 14.5.